The monoisotopic (exact) mass is 459 g/mol. The molecule has 5 nitrogen and oxygen atoms in total. The van der Waals surface area contributed by atoms with Crippen LogP contribution in [0, 0.1) is 0 Å². The van der Waals surface area contributed by atoms with Gasteiger partial charge in [0.1, 0.15) is 0 Å². The third-order valence-electron chi connectivity index (χ3n) is 3.76. The van der Waals surface area contributed by atoms with Gasteiger partial charge in [0, 0.05) is 21.0 Å². The number of halogens is 1. The van der Waals surface area contributed by atoms with E-state index in [1.807, 2.05) is 54.8 Å². The summed E-state index contributed by atoms with van der Waals surface area (Å²) in [5.41, 5.74) is 5.90. The van der Waals surface area contributed by atoms with Gasteiger partial charge in [-0.2, -0.15) is 5.10 Å². The number of aromatic nitrogens is 1. The number of hydrazone groups is 1. The highest BCUT2D eigenvalue weighted by Gasteiger charge is 2.10. The van der Waals surface area contributed by atoms with E-state index in [-0.39, 0.29) is 0 Å². The van der Waals surface area contributed by atoms with Crippen molar-refractivity contribution in [2.24, 2.45) is 5.10 Å². The molecule has 0 amide bonds. The van der Waals surface area contributed by atoms with E-state index in [0.29, 0.717) is 19.0 Å². The Labute approximate surface area is 177 Å². The van der Waals surface area contributed by atoms with Crippen LogP contribution < -0.4 is 14.9 Å². The summed E-state index contributed by atoms with van der Waals surface area (Å²) >= 11 is 5.09. The van der Waals surface area contributed by atoms with E-state index in [1.54, 1.807) is 6.21 Å². The maximum Gasteiger partial charge on any atom is 0.203 e. The minimum Gasteiger partial charge on any atom is -0.490 e. The van der Waals surface area contributed by atoms with E-state index >= 15 is 0 Å². The van der Waals surface area contributed by atoms with Gasteiger partial charge in [0.05, 0.1) is 25.1 Å². The molecule has 0 radical (unpaired) electrons. The van der Waals surface area contributed by atoms with E-state index in [0.717, 1.165) is 38.6 Å². The largest absolute Gasteiger partial charge is 0.490 e. The summed E-state index contributed by atoms with van der Waals surface area (Å²) in [6.45, 7) is 5.24. The topological polar surface area (TPSA) is 55.7 Å². The molecule has 0 aliphatic heterocycles. The number of rotatable bonds is 9. The van der Waals surface area contributed by atoms with Crippen LogP contribution in [0.5, 0.6) is 11.5 Å². The van der Waals surface area contributed by atoms with Crippen molar-refractivity contribution < 1.29 is 9.47 Å². The van der Waals surface area contributed by atoms with Crippen LogP contribution in [0.4, 0.5) is 5.13 Å². The molecular formula is C21H22BrN3O2S. The third kappa shape index (κ3) is 5.33. The zero-order chi connectivity index (χ0) is 19.8. The average Bonchev–Trinajstić information content (AvgIpc) is 3.19. The Balaban J connectivity index is 1.71. The lowest BCUT2D eigenvalue weighted by Gasteiger charge is -2.13. The number of thiazole rings is 1. The molecule has 0 aliphatic carbocycles. The Morgan fingerprint density at radius 2 is 1.93 bits per heavy atom. The summed E-state index contributed by atoms with van der Waals surface area (Å²) in [6.07, 6.45) is 2.68. The molecule has 1 aromatic heterocycles. The fourth-order valence-corrected chi connectivity index (χ4v) is 3.56. The Morgan fingerprint density at radius 3 is 2.68 bits per heavy atom. The fourth-order valence-electron chi connectivity index (χ4n) is 2.47. The molecule has 0 bridgehead atoms. The van der Waals surface area contributed by atoms with Crippen LogP contribution in [0.2, 0.25) is 0 Å². The quantitative estimate of drug-likeness (QED) is 0.305. The first-order valence-corrected chi connectivity index (χ1v) is 10.8. The van der Waals surface area contributed by atoms with E-state index in [1.165, 1.54) is 11.3 Å². The van der Waals surface area contributed by atoms with Crippen LogP contribution in [0.1, 0.15) is 25.8 Å². The highest BCUT2D eigenvalue weighted by atomic mass is 79.9. The van der Waals surface area contributed by atoms with Crippen molar-refractivity contribution in [1.82, 2.24) is 4.98 Å². The van der Waals surface area contributed by atoms with Crippen LogP contribution in [-0.2, 0) is 0 Å². The van der Waals surface area contributed by atoms with Crippen molar-refractivity contribution in [3.63, 3.8) is 0 Å². The van der Waals surface area contributed by atoms with Crippen molar-refractivity contribution in [2.75, 3.05) is 18.6 Å². The summed E-state index contributed by atoms with van der Waals surface area (Å²) in [6, 6.07) is 13.9. The average molecular weight is 460 g/mol. The lowest BCUT2D eigenvalue weighted by Crippen LogP contribution is -2.01. The molecule has 0 atom stereocenters. The Hall–Kier alpha value is -2.38. The summed E-state index contributed by atoms with van der Waals surface area (Å²) in [4.78, 5) is 4.57. The molecule has 3 aromatic rings. The van der Waals surface area contributed by atoms with Crippen LogP contribution in [0.15, 0.2) is 57.4 Å². The van der Waals surface area contributed by atoms with Gasteiger partial charge in [-0.05, 0) is 41.4 Å². The summed E-state index contributed by atoms with van der Waals surface area (Å²) < 4.78 is 12.4. The molecule has 1 N–H and O–H groups in total. The van der Waals surface area contributed by atoms with Crippen LogP contribution in [0.25, 0.3) is 11.3 Å². The normalized spacial score (nSPS) is 11.0. The number of hydrogen-bond donors (Lipinski definition) is 1. The van der Waals surface area contributed by atoms with E-state index in [4.69, 9.17) is 9.47 Å². The number of ether oxygens (including phenoxy) is 2. The lowest BCUT2D eigenvalue weighted by molar-refractivity contribution is 0.276. The van der Waals surface area contributed by atoms with E-state index < -0.39 is 0 Å². The van der Waals surface area contributed by atoms with Crippen LogP contribution in [-0.4, -0.2) is 24.4 Å². The summed E-state index contributed by atoms with van der Waals surface area (Å²) in [5, 5.41) is 7.06. The molecule has 146 valence electrons. The molecular weight excluding hydrogens is 438 g/mol. The Morgan fingerprint density at radius 1 is 1.14 bits per heavy atom. The molecule has 7 heteroatoms. The minimum absolute atomic E-state index is 0.570. The molecule has 0 fully saturated rings. The van der Waals surface area contributed by atoms with Crippen molar-refractivity contribution >= 4 is 38.6 Å². The smallest absolute Gasteiger partial charge is 0.203 e. The van der Waals surface area contributed by atoms with Gasteiger partial charge < -0.3 is 9.47 Å². The SMILES string of the molecule is CCCOc1cc(Br)c(C=NNc2nc(-c3ccccc3)cs2)cc1OCC. The zero-order valence-electron chi connectivity index (χ0n) is 15.8. The Bertz CT molecular complexity index is 929. The van der Waals surface area contributed by atoms with Crippen molar-refractivity contribution in [1.29, 1.82) is 0 Å². The van der Waals surface area contributed by atoms with Gasteiger partial charge in [-0.1, -0.05) is 37.3 Å². The predicted octanol–water partition coefficient (Wildman–Crippen LogP) is 6.21. The molecule has 0 saturated heterocycles. The molecule has 0 saturated carbocycles. The molecule has 3 rings (SSSR count). The molecule has 0 unspecified atom stereocenters. The fraction of sp³-hybridized carbons (Fsp3) is 0.238. The van der Waals surface area contributed by atoms with Gasteiger partial charge in [0.15, 0.2) is 11.5 Å². The number of anilines is 1. The van der Waals surface area contributed by atoms with Gasteiger partial charge in [0.25, 0.3) is 0 Å². The second-order valence-electron chi connectivity index (χ2n) is 5.88. The second-order valence-corrected chi connectivity index (χ2v) is 7.59. The van der Waals surface area contributed by atoms with Gasteiger partial charge in [0.2, 0.25) is 5.13 Å². The maximum absolute atomic E-state index is 5.77. The first kappa shape index (κ1) is 20.4. The van der Waals surface area contributed by atoms with Crippen molar-refractivity contribution in [3.05, 3.63) is 57.9 Å². The highest BCUT2D eigenvalue weighted by Crippen LogP contribution is 2.33. The first-order chi connectivity index (χ1) is 13.7. The molecule has 1 heterocycles. The van der Waals surface area contributed by atoms with Gasteiger partial charge in [-0.15, -0.1) is 11.3 Å². The maximum atomic E-state index is 5.77. The highest BCUT2D eigenvalue weighted by molar-refractivity contribution is 9.10. The predicted molar refractivity (Wildman–Crippen MR) is 120 cm³/mol. The number of nitrogens with zero attached hydrogens (tertiary/aromatic N) is 2. The molecule has 2 aromatic carbocycles. The number of nitrogens with one attached hydrogen (secondary N) is 1. The standard InChI is InChI=1S/C21H22BrN3O2S/c1-3-10-27-20-12-17(22)16(11-19(20)26-4-2)13-23-25-21-24-18(14-28-21)15-8-6-5-7-9-15/h5-9,11-14H,3-4,10H2,1-2H3,(H,24,25). The van der Waals surface area contributed by atoms with E-state index in [9.17, 15) is 0 Å². The zero-order valence-corrected chi connectivity index (χ0v) is 18.2. The molecule has 0 aliphatic rings. The van der Waals surface area contributed by atoms with E-state index in [2.05, 4.69) is 38.4 Å². The first-order valence-electron chi connectivity index (χ1n) is 9.10. The second kappa shape index (κ2) is 10.2. The number of hydrogen-bond acceptors (Lipinski definition) is 6. The molecule has 28 heavy (non-hydrogen) atoms. The third-order valence-corrected chi connectivity index (χ3v) is 5.20. The van der Waals surface area contributed by atoms with Gasteiger partial charge in [-0.3, -0.25) is 5.43 Å². The Kier molecular flexibility index (Phi) is 7.45. The van der Waals surface area contributed by atoms with Gasteiger partial charge >= 0.3 is 0 Å². The number of benzene rings is 2. The van der Waals surface area contributed by atoms with Crippen molar-refractivity contribution in [3.8, 4) is 22.8 Å². The van der Waals surface area contributed by atoms with Crippen LogP contribution in [0.3, 0.4) is 0 Å². The van der Waals surface area contributed by atoms with Crippen molar-refractivity contribution in [2.45, 2.75) is 20.3 Å². The van der Waals surface area contributed by atoms with Crippen LogP contribution >= 0.6 is 27.3 Å². The lowest BCUT2D eigenvalue weighted by atomic mass is 10.2. The summed E-state index contributed by atoms with van der Waals surface area (Å²) in [5.74, 6) is 1.44. The van der Waals surface area contributed by atoms with Gasteiger partial charge in [-0.25, -0.2) is 4.98 Å². The summed E-state index contributed by atoms with van der Waals surface area (Å²) in [7, 11) is 0. The molecule has 0 spiro atoms. The minimum atomic E-state index is 0.570.